The number of amides is 1. The van der Waals surface area contributed by atoms with Crippen molar-refractivity contribution in [2.45, 2.75) is 19.3 Å². The van der Waals surface area contributed by atoms with Crippen molar-refractivity contribution in [3.05, 3.63) is 58.4 Å². The summed E-state index contributed by atoms with van der Waals surface area (Å²) >= 11 is 1.89. The van der Waals surface area contributed by atoms with E-state index in [1.807, 2.05) is 59.1 Å². The molecule has 3 rings (SSSR count). The minimum atomic E-state index is -0.307. The molecule has 2 aromatic rings. The van der Waals surface area contributed by atoms with Crippen LogP contribution in [0.1, 0.15) is 18.4 Å². The van der Waals surface area contributed by atoms with E-state index in [0.29, 0.717) is 30.6 Å². The molecular formula is C19H21NO3S. The zero-order chi connectivity index (χ0) is 16.8. The SMILES string of the molecule is O=C(CCCc1ccc(-c2ccccc2)oc1=O)N1CCSCC1. The van der Waals surface area contributed by atoms with Gasteiger partial charge in [0, 0.05) is 42.1 Å². The zero-order valence-corrected chi connectivity index (χ0v) is 14.4. The number of rotatable bonds is 5. The van der Waals surface area contributed by atoms with Gasteiger partial charge in [-0.2, -0.15) is 11.8 Å². The average Bonchev–Trinajstić information content (AvgIpc) is 2.64. The quantitative estimate of drug-likeness (QED) is 0.836. The van der Waals surface area contributed by atoms with Crippen LogP contribution in [0, 0.1) is 0 Å². The molecule has 0 aliphatic carbocycles. The second-order valence-electron chi connectivity index (χ2n) is 5.83. The molecule has 1 aliphatic rings. The van der Waals surface area contributed by atoms with Gasteiger partial charge in [0.25, 0.3) is 0 Å². The zero-order valence-electron chi connectivity index (χ0n) is 13.6. The summed E-state index contributed by atoms with van der Waals surface area (Å²) in [5, 5.41) is 0. The molecule has 0 bridgehead atoms. The molecule has 5 heteroatoms. The van der Waals surface area contributed by atoms with Gasteiger partial charge < -0.3 is 9.32 Å². The highest BCUT2D eigenvalue weighted by atomic mass is 32.2. The van der Waals surface area contributed by atoms with Gasteiger partial charge in [-0.3, -0.25) is 4.79 Å². The summed E-state index contributed by atoms with van der Waals surface area (Å²) in [5.41, 5.74) is 1.22. The smallest absolute Gasteiger partial charge is 0.339 e. The van der Waals surface area contributed by atoms with Gasteiger partial charge in [0.2, 0.25) is 5.91 Å². The largest absolute Gasteiger partial charge is 0.423 e. The molecule has 1 saturated heterocycles. The molecule has 1 fully saturated rings. The van der Waals surface area contributed by atoms with Gasteiger partial charge in [-0.1, -0.05) is 30.3 Å². The molecule has 2 heterocycles. The van der Waals surface area contributed by atoms with E-state index < -0.39 is 0 Å². The van der Waals surface area contributed by atoms with Gasteiger partial charge in [-0.25, -0.2) is 4.79 Å². The molecule has 4 nitrogen and oxygen atoms in total. The number of aryl methyl sites for hydroxylation is 1. The Balaban J connectivity index is 1.56. The second-order valence-corrected chi connectivity index (χ2v) is 7.05. The Morgan fingerprint density at radius 2 is 1.83 bits per heavy atom. The van der Waals surface area contributed by atoms with Gasteiger partial charge in [-0.05, 0) is 25.0 Å². The van der Waals surface area contributed by atoms with Crippen LogP contribution in [0.4, 0.5) is 0 Å². The maximum Gasteiger partial charge on any atom is 0.339 e. The summed E-state index contributed by atoms with van der Waals surface area (Å²) in [6, 6.07) is 13.2. The molecule has 0 N–H and O–H groups in total. The Morgan fingerprint density at radius 1 is 1.08 bits per heavy atom. The van der Waals surface area contributed by atoms with E-state index in [0.717, 1.165) is 30.2 Å². The van der Waals surface area contributed by atoms with Crippen LogP contribution in [-0.2, 0) is 11.2 Å². The monoisotopic (exact) mass is 343 g/mol. The highest BCUT2D eigenvalue weighted by Gasteiger charge is 2.16. The average molecular weight is 343 g/mol. The fourth-order valence-electron chi connectivity index (χ4n) is 2.79. The van der Waals surface area contributed by atoms with Crippen LogP contribution >= 0.6 is 11.8 Å². The standard InChI is InChI=1S/C19H21NO3S/c21-18(20-11-13-24-14-12-20)8-4-7-16-9-10-17(23-19(16)22)15-5-2-1-3-6-15/h1-3,5-6,9-10H,4,7-8,11-14H2. The lowest BCUT2D eigenvalue weighted by molar-refractivity contribution is -0.130. The predicted molar refractivity (Wildman–Crippen MR) is 97.3 cm³/mol. The Kier molecular flexibility index (Phi) is 5.75. The Labute approximate surface area is 145 Å². The van der Waals surface area contributed by atoms with Crippen molar-refractivity contribution in [2.24, 2.45) is 0 Å². The highest BCUT2D eigenvalue weighted by molar-refractivity contribution is 7.99. The normalized spacial score (nSPS) is 14.6. The summed E-state index contributed by atoms with van der Waals surface area (Å²) < 4.78 is 5.41. The molecule has 1 amide bonds. The van der Waals surface area contributed by atoms with Crippen molar-refractivity contribution in [3.8, 4) is 11.3 Å². The molecule has 126 valence electrons. The molecular weight excluding hydrogens is 322 g/mol. The molecule has 24 heavy (non-hydrogen) atoms. The van der Waals surface area contributed by atoms with Gasteiger partial charge >= 0.3 is 5.63 Å². The van der Waals surface area contributed by atoms with Crippen LogP contribution in [0.15, 0.2) is 51.7 Å². The van der Waals surface area contributed by atoms with Crippen molar-refractivity contribution in [1.29, 1.82) is 0 Å². The lowest BCUT2D eigenvalue weighted by Crippen LogP contribution is -2.37. The lowest BCUT2D eigenvalue weighted by Gasteiger charge is -2.26. The summed E-state index contributed by atoms with van der Waals surface area (Å²) in [7, 11) is 0. The van der Waals surface area contributed by atoms with Gasteiger partial charge in [0.1, 0.15) is 5.76 Å². The van der Waals surface area contributed by atoms with Crippen LogP contribution in [0.3, 0.4) is 0 Å². The van der Waals surface area contributed by atoms with E-state index in [1.165, 1.54) is 0 Å². The number of nitrogens with zero attached hydrogens (tertiary/aromatic N) is 1. The second kappa shape index (κ2) is 8.20. The Morgan fingerprint density at radius 3 is 2.54 bits per heavy atom. The molecule has 1 aromatic heterocycles. The minimum absolute atomic E-state index is 0.195. The van der Waals surface area contributed by atoms with E-state index in [2.05, 4.69) is 0 Å². The van der Waals surface area contributed by atoms with Gasteiger partial charge in [-0.15, -0.1) is 0 Å². The lowest BCUT2D eigenvalue weighted by atomic mass is 10.1. The number of thioether (sulfide) groups is 1. The first-order chi connectivity index (χ1) is 11.7. The topological polar surface area (TPSA) is 50.5 Å². The molecule has 0 radical (unpaired) electrons. The van der Waals surface area contributed by atoms with Gasteiger partial charge in [0.05, 0.1) is 0 Å². The van der Waals surface area contributed by atoms with E-state index in [1.54, 1.807) is 0 Å². The third-order valence-electron chi connectivity index (χ3n) is 4.16. The third-order valence-corrected chi connectivity index (χ3v) is 5.10. The third kappa shape index (κ3) is 4.29. The summed E-state index contributed by atoms with van der Waals surface area (Å²) in [4.78, 5) is 26.2. The van der Waals surface area contributed by atoms with Crippen LogP contribution in [-0.4, -0.2) is 35.4 Å². The van der Waals surface area contributed by atoms with Crippen LogP contribution in [0.2, 0.25) is 0 Å². The fourth-order valence-corrected chi connectivity index (χ4v) is 3.69. The maximum absolute atomic E-state index is 12.1. The van der Waals surface area contributed by atoms with E-state index in [4.69, 9.17) is 4.42 Å². The first-order valence-corrected chi connectivity index (χ1v) is 9.43. The first-order valence-electron chi connectivity index (χ1n) is 8.28. The number of hydrogen-bond donors (Lipinski definition) is 0. The van der Waals surface area contributed by atoms with Crippen LogP contribution in [0.25, 0.3) is 11.3 Å². The van der Waals surface area contributed by atoms with Crippen LogP contribution in [0.5, 0.6) is 0 Å². The molecule has 1 aromatic carbocycles. The number of hydrogen-bond acceptors (Lipinski definition) is 4. The van der Waals surface area contributed by atoms with Crippen molar-refractivity contribution in [2.75, 3.05) is 24.6 Å². The molecule has 0 atom stereocenters. The molecule has 1 aliphatic heterocycles. The Hall–Kier alpha value is -2.01. The summed E-state index contributed by atoms with van der Waals surface area (Å²) in [5.74, 6) is 2.82. The number of benzene rings is 1. The minimum Gasteiger partial charge on any atom is -0.423 e. The molecule has 0 unspecified atom stereocenters. The number of carbonyl (C=O) groups is 1. The van der Waals surface area contributed by atoms with Gasteiger partial charge in [0.15, 0.2) is 0 Å². The van der Waals surface area contributed by atoms with E-state index in [-0.39, 0.29) is 11.5 Å². The summed E-state index contributed by atoms with van der Waals surface area (Å²) in [6.07, 6.45) is 1.74. The summed E-state index contributed by atoms with van der Waals surface area (Å²) in [6.45, 7) is 1.69. The van der Waals surface area contributed by atoms with Crippen molar-refractivity contribution in [1.82, 2.24) is 4.90 Å². The van der Waals surface area contributed by atoms with Crippen molar-refractivity contribution in [3.63, 3.8) is 0 Å². The van der Waals surface area contributed by atoms with E-state index in [9.17, 15) is 9.59 Å². The van der Waals surface area contributed by atoms with Crippen LogP contribution < -0.4 is 5.63 Å². The predicted octanol–water partition coefficient (Wildman–Crippen LogP) is 3.20. The molecule has 0 saturated carbocycles. The first kappa shape index (κ1) is 16.8. The maximum atomic E-state index is 12.1. The van der Waals surface area contributed by atoms with E-state index >= 15 is 0 Å². The number of carbonyl (C=O) groups excluding carboxylic acids is 1. The Bertz CT molecular complexity index is 736. The highest BCUT2D eigenvalue weighted by Crippen LogP contribution is 2.18. The fraction of sp³-hybridized carbons (Fsp3) is 0.368. The van der Waals surface area contributed by atoms with Crippen molar-refractivity contribution < 1.29 is 9.21 Å². The molecule has 0 spiro atoms. The van der Waals surface area contributed by atoms with Crippen molar-refractivity contribution >= 4 is 17.7 Å².